The van der Waals surface area contributed by atoms with E-state index in [1.54, 1.807) is 6.92 Å². The van der Waals surface area contributed by atoms with Gasteiger partial charge in [-0.15, -0.1) is 0 Å². The molecule has 0 saturated carbocycles. The van der Waals surface area contributed by atoms with Crippen LogP contribution < -0.4 is 5.32 Å². The molecule has 0 spiro atoms. The van der Waals surface area contributed by atoms with Crippen LogP contribution in [0.3, 0.4) is 0 Å². The number of carbonyl (C=O) groups excluding carboxylic acids is 1. The molecule has 0 aliphatic rings. The fourth-order valence-corrected chi connectivity index (χ4v) is 1.30. The largest absolute Gasteiger partial charge is 0.481 e. The second-order valence-corrected chi connectivity index (χ2v) is 3.87. The van der Waals surface area contributed by atoms with E-state index in [0.29, 0.717) is 12.4 Å². The Morgan fingerprint density at radius 1 is 1.50 bits per heavy atom. The maximum absolute atomic E-state index is 11.2. The number of ether oxygens (including phenoxy) is 1. The van der Waals surface area contributed by atoms with E-state index in [1.165, 1.54) is 19.5 Å². The smallest absolute Gasteiger partial charge is 0.358 e. The van der Waals surface area contributed by atoms with Crippen molar-refractivity contribution >= 4 is 17.8 Å². The summed E-state index contributed by atoms with van der Waals surface area (Å²) in [6.07, 6.45) is 2.83. The summed E-state index contributed by atoms with van der Waals surface area (Å²) in [7, 11) is 1.26. The lowest BCUT2D eigenvalue weighted by atomic mass is 10.1. The lowest BCUT2D eigenvalue weighted by Gasteiger charge is -2.10. The highest BCUT2D eigenvalue weighted by molar-refractivity contribution is 5.87. The van der Waals surface area contributed by atoms with Gasteiger partial charge in [0.05, 0.1) is 19.5 Å². The van der Waals surface area contributed by atoms with Crippen molar-refractivity contribution in [1.82, 2.24) is 9.97 Å². The van der Waals surface area contributed by atoms with Gasteiger partial charge in [0.25, 0.3) is 0 Å². The highest BCUT2D eigenvalue weighted by Gasteiger charge is 2.10. The number of anilines is 1. The van der Waals surface area contributed by atoms with E-state index in [0.717, 1.165) is 0 Å². The van der Waals surface area contributed by atoms with Crippen LogP contribution in [0.5, 0.6) is 0 Å². The number of hydrogen-bond acceptors (Lipinski definition) is 6. The highest BCUT2D eigenvalue weighted by atomic mass is 16.5. The maximum Gasteiger partial charge on any atom is 0.358 e. The summed E-state index contributed by atoms with van der Waals surface area (Å²) in [4.78, 5) is 29.6. The fraction of sp³-hybridized carbons (Fsp3) is 0.455. The number of nitrogens with zero attached hydrogens (tertiary/aromatic N) is 2. The third-order valence-corrected chi connectivity index (χ3v) is 2.18. The van der Waals surface area contributed by atoms with Crippen LogP contribution in [0.15, 0.2) is 12.4 Å². The first-order valence-electron chi connectivity index (χ1n) is 5.39. The number of esters is 1. The Hall–Kier alpha value is -2.18. The molecule has 0 radical (unpaired) electrons. The quantitative estimate of drug-likeness (QED) is 0.722. The van der Waals surface area contributed by atoms with Crippen LogP contribution in [-0.2, 0) is 9.53 Å². The second kappa shape index (κ2) is 6.53. The Kier molecular flexibility index (Phi) is 5.04. The van der Waals surface area contributed by atoms with Crippen molar-refractivity contribution in [1.29, 1.82) is 0 Å². The summed E-state index contributed by atoms with van der Waals surface area (Å²) in [5, 5.41) is 11.5. The van der Waals surface area contributed by atoms with Crippen molar-refractivity contribution in [3.8, 4) is 0 Å². The molecule has 0 fully saturated rings. The second-order valence-electron chi connectivity index (χ2n) is 3.87. The molecule has 7 nitrogen and oxygen atoms in total. The molecule has 1 unspecified atom stereocenters. The van der Waals surface area contributed by atoms with Gasteiger partial charge in [0.2, 0.25) is 0 Å². The van der Waals surface area contributed by atoms with E-state index >= 15 is 0 Å². The average Bonchev–Trinajstić information content (AvgIpc) is 2.35. The summed E-state index contributed by atoms with van der Waals surface area (Å²) in [6.45, 7) is 2.24. The Balaban J connectivity index is 2.57. The number of carboxylic acids is 1. The Bertz CT molecular complexity index is 436. The molecule has 98 valence electrons. The van der Waals surface area contributed by atoms with E-state index in [9.17, 15) is 9.59 Å². The van der Waals surface area contributed by atoms with E-state index in [1.807, 2.05) is 0 Å². The van der Waals surface area contributed by atoms with Gasteiger partial charge in [-0.25, -0.2) is 9.78 Å². The monoisotopic (exact) mass is 253 g/mol. The van der Waals surface area contributed by atoms with Crippen molar-refractivity contribution in [2.24, 2.45) is 5.92 Å². The van der Waals surface area contributed by atoms with Gasteiger partial charge >= 0.3 is 11.9 Å². The molecule has 1 rings (SSSR count). The molecule has 1 atom stereocenters. The number of aliphatic carboxylic acids is 1. The standard InChI is InChI=1S/C11H15N3O4/c1-7(3-10(15)16)4-13-9-6-12-5-8(14-9)11(17)18-2/h5-7H,3-4H2,1-2H3,(H,13,14)(H,15,16). The van der Waals surface area contributed by atoms with Crippen molar-refractivity contribution in [3.63, 3.8) is 0 Å². The molecule has 0 bridgehead atoms. The fourth-order valence-electron chi connectivity index (χ4n) is 1.30. The van der Waals surface area contributed by atoms with E-state index in [-0.39, 0.29) is 18.0 Å². The highest BCUT2D eigenvalue weighted by Crippen LogP contribution is 2.07. The number of hydrogen-bond donors (Lipinski definition) is 2. The summed E-state index contributed by atoms with van der Waals surface area (Å²) in [6, 6.07) is 0. The van der Waals surface area contributed by atoms with Crippen LogP contribution in [-0.4, -0.2) is 40.7 Å². The molecular formula is C11H15N3O4. The van der Waals surface area contributed by atoms with Gasteiger partial charge in [-0.1, -0.05) is 6.92 Å². The molecule has 18 heavy (non-hydrogen) atoms. The van der Waals surface area contributed by atoms with Crippen LogP contribution in [0.1, 0.15) is 23.8 Å². The van der Waals surface area contributed by atoms with Gasteiger partial charge in [-0.3, -0.25) is 9.78 Å². The van der Waals surface area contributed by atoms with Gasteiger partial charge in [0.15, 0.2) is 5.69 Å². The van der Waals surface area contributed by atoms with Gasteiger partial charge in [-0.05, 0) is 5.92 Å². The van der Waals surface area contributed by atoms with Crippen LogP contribution in [0.2, 0.25) is 0 Å². The zero-order valence-corrected chi connectivity index (χ0v) is 10.2. The molecule has 0 aliphatic carbocycles. The average molecular weight is 253 g/mol. The third-order valence-electron chi connectivity index (χ3n) is 2.18. The van der Waals surface area contributed by atoms with Crippen molar-refractivity contribution in [3.05, 3.63) is 18.1 Å². The molecule has 0 amide bonds. The zero-order chi connectivity index (χ0) is 13.5. The van der Waals surface area contributed by atoms with Crippen molar-refractivity contribution < 1.29 is 19.4 Å². The van der Waals surface area contributed by atoms with E-state index in [2.05, 4.69) is 20.0 Å². The van der Waals surface area contributed by atoms with Crippen LogP contribution in [0.25, 0.3) is 0 Å². The molecule has 7 heteroatoms. The zero-order valence-electron chi connectivity index (χ0n) is 10.2. The maximum atomic E-state index is 11.2. The van der Waals surface area contributed by atoms with Crippen LogP contribution >= 0.6 is 0 Å². The minimum Gasteiger partial charge on any atom is -0.481 e. The number of carboxylic acid groups (broad SMARTS) is 1. The molecule has 1 aromatic heterocycles. The van der Waals surface area contributed by atoms with E-state index < -0.39 is 11.9 Å². The number of methoxy groups -OCH3 is 1. The first kappa shape index (κ1) is 13.9. The molecule has 1 heterocycles. The normalized spacial score (nSPS) is 11.7. The van der Waals surface area contributed by atoms with Gasteiger partial charge in [0.1, 0.15) is 5.82 Å². The topological polar surface area (TPSA) is 101 Å². The predicted molar refractivity (Wildman–Crippen MR) is 63.3 cm³/mol. The third kappa shape index (κ3) is 4.36. The predicted octanol–water partition coefficient (Wildman–Crippen LogP) is 0.786. The first-order chi connectivity index (χ1) is 8.52. The number of aromatic nitrogens is 2. The lowest BCUT2D eigenvalue weighted by Crippen LogP contribution is -2.16. The van der Waals surface area contributed by atoms with Crippen molar-refractivity contribution in [2.75, 3.05) is 19.0 Å². The van der Waals surface area contributed by atoms with Crippen LogP contribution in [0, 0.1) is 5.92 Å². The SMILES string of the molecule is COC(=O)c1cncc(NCC(C)CC(=O)O)n1. The van der Waals surface area contributed by atoms with Gasteiger partial charge in [-0.2, -0.15) is 0 Å². The molecule has 0 saturated heterocycles. The molecule has 0 aromatic carbocycles. The summed E-state index contributed by atoms with van der Waals surface area (Å²) < 4.78 is 4.52. The summed E-state index contributed by atoms with van der Waals surface area (Å²) in [5.41, 5.74) is 0.105. The number of rotatable bonds is 6. The minimum absolute atomic E-state index is 0.0499. The Morgan fingerprint density at radius 2 is 2.22 bits per heavy atom. The summed E-state index contributed by atoms with van der Waals surface area (Å²) in [5.74, 6) is -1.05. The minimum atomic E-state index is -0.848. The first-order valence-corrected chi connectivity index (χ1v) is 5.39. The van der Waals surface area contributed by atoms with Gasteiger partial charge < -0.3 is 15.2 Å². The van der Waals surface area contributed by atoms with Crippen molar-refractivity contribution in [2.45, 2.75) is 13.3 Å². The lowest BCUT2D eigenvalue weighted by molar-refractivity contribution is -0.137. The van der Waals surface area contributed by atoms with Gasteiger partial charge in [0, 0.05) is 13.0 Å². The Morgan fingerprint density at radius 3 is 2.83 bits per heavy atom. The van der Waals surface area contributed by atoms with E-state index in [4.69, 9.17) is 5.11 Å². The molecular weight excluding hydrogens is 238 g/mol. The molecule has 1 aromatic rings. The number of carbonyl (C=O) groups is 2. The molecule has 2 N–H and O–H groups in total. The molecule has 0 aliphatic heterocycles. The Labute approximate surface area is 104 Å². The van der Waals surface area contributed by atoms with Crippen LogP contribution in [0.4, 0.5) is 5.82 Å². The number of nitrogens with one attached hydrogen (secondary N) is 1. The summed E-state index contributed by atoms with van der Waals surface area (Å²) >= 11 is 0.